The van der Waals surface area contributed by atoms with Gasteiger partial charge in [0, 0.05) is 31.4 Å². The first-order chi connectivity index (χ1) is 15.2. The molecule has 0 N–H and O–H groups in total. The van der Waals surface area contributed by atoms with Gasteiger partial charge in [0.15, 0.2) is 16.1 Å². The van der Waals surface area contributed by atoms with Crippen LogP contribution in [-0.2, 0) is 19.3 Å². The number of ether oxygens (including phenoxy) is 2. The standard InChI is InChI=1S/C22H20N2O6S2/c1-14-4-7-16(8-5-14)32(27,28)21(18-10-11-31-20(18)13-23)17-9-6-15(22(29-2)30-3)12-19(17)24(25)26/h4-12,21-22H,1-3H3. The van der Waals surface area contributed by atoms with Gasteiger partial charge in [0.25, 0.3) is 5.69 Å². The molecule has 0 aliphatic heterocycles. The van der Waals surface area contributed by atoms with Gasteiger partial charge >= 0.3 is 0 Å². The zero-order chi connectivity index (χ0) is 23.5. The topological polar surface area (TPSA) is 120 Å². The van der Waals surface area contributed by atoms with Crippen molar-refractivity contribution < 1.29 is 22.8 Å². The molecule has 8 nitrogen and oxygen atoms in total. The van der Waals surface area contributed by atoms with E-state index in [-0.39, 0.29) is 20.9 Å². The van der Waals surface area contributed by atoms with Crippen LogP contribution in [-0.4, -0.2) is 27.6 Å². The Labute approximate surface area is 189 Å². The van der Waals surface area contributed by atoms with Crippen LogP contribution < -0.4 is 0 Å². The monoisotopic (exact) mass is 472 g/mol. The van der Waals surface area contributed by atoms with E-state index >= 15 is 0 Å². The van der Waals surface area contributed by atoms with Crippen molar-refractivity contribution in [2.45, 2.75) is 23.4 Å². The predicted molar refractivity (Wildman–Crippen MR) is 119 cm³/mol. The highest BCUT2D eigenvalue weighted by Crippen LogP contribution is 2.42. The van der Waals surface area contributed by atoms with Gasteiger partial charge in [-0.3, -0.25) is 10.1 Å². The smallest absolute Gasteiger partial charge is 0.274 e. The van der Waals surface area contributed by atoms with E-state index < -0.39 is 32.0 Å². The molecule has 0 fully saturated rings. The van der Waals surface area contributed by atoms with E-state index in [0.717, 1.165) is 16.9 Å². The van der Waals surface area contributed by atoms with E-state index in [1.54, 1.807) is 17.5 Å². The Morgan fingerprint density at radius 1 is 1.06 bits per heavy atom. The Hall–Kier alpha value is -3.10. The first kappa shape index (κ1) is 23.6. The van der Waals surface area contributed by atoms with Gasteiger partial charge in [0.1, 0.15) is 16.2 Å². The van der Waals surface area contributed by atoms with Gasteiger partial charge in [-0.1, -0.05) is 29.8 Å². The number of benzene rings is 2. The zero-order valence-electron chi connectivity index (χ0n) is 17.5. The third-order valence-electron chi connectivity index (χ3n) is 4.97. The highest BCUT2D eigenvalue weighted by atomic mass is 32.2. The highest BCUT2D eigenvalue weighted by Gasteiger charge is 2.38. The lowest BCUT2D eigenvalue weighted by molar-refractivity contribution is -0.385. The summed E-state index contributed by atoms with van der Waals surface area (Å²) in [7, 11) is -1.35. The molecule has 0 spiro atoms. The van der Waals surface area contributed by atoms with Crippen molar-refractivity contribution in [3.8, 4) is 6.07 Å². The van der Waals surface area contributed by atoms with E-state index in [9.17, 15) is 23.8 Å². The summed E-state index contributed by atoms with van der Waals surface area (Å²) in [6.45, 7) is 1.83. The number of aryl methyl sites for hydroxylation is 1. The van der Waals surface area contributed by atoms with Gasteiger partial charge in [0.2, 0.25) is 0 Å². The number of methoxy groups -OCH3 is 2. The maximum Gasteiger partial charge on any atom is 0.274 e. The number of rotatable bonds is 8. The summed E-state index contributed by atoms with van der Waals surface area (Å²) in [5, 5.41) is 21.7. The minimum Gasteiger partial charge on any atom is -0.352 e. The number of nitro benzene ring substituents is 1. The second-order valence-corrected chi connectivity index (χ2v) is 9.88. The van der Waals surface area contributed by atoms with Crippen molar-refractivity contribution in [3.05, 3.63) is 91.2 Å². The molecule has 1 aromatic heterocycles. The van der Waals surface area contributed by atoms with Gasteiger partial charge in [-0.25, -0.2) is 8.42 Å². The van der Waals surface area contributed by atoms with Crippen LogP contribution in [0.25, 0.3) is 0 Å². The van der Waals surface area contributed by atoms with Crippen molar-refractivity contribution >= 4 is 26.9 Å². The van der Waals surface area contributed by atoms with Crippen LogP contribution in [0.3, 0.4) is 0 Å². The number of hydrogen-bond donors (Lipinski definition) is 0. The molecule has 0 saturated heterocycles. The second-order valence-electron chi connectivity index (χ2n) is 6.93. The Bertz CT molecular complexity index is 1270. The normalized spacial score (nSPS) is 12.5. The fraction of sp³-hybridized carbons (Fsp3) is 0.227. The quantitative estimate of drug-likeness (QED) is 0.265. The average molecular weight is 473 g/mol. The molecular weight excluding hydrogens is 452 g/mol. The first-order valence-corrected chi connectivity index (χ1v) is 11.8. The molecular formula is C22H20N2O6S2. The van der Waals surface area contributed by atoms with E-state index in [0.29, 0.717) is 5.56 Å². The molecule has 3 rings (SSSR count). The number of nitriles is 1. The molecule has 0 aliphatic rings. The molecule has 2 aromatic carbocycles. The summed E-state index contributed by atoms with van der Waals surface area (Å²) in [6.07, 6.45) is -0.856. The van der Waals surface area contributed by atoms with E-state index in [2.05, 4.69) is 0 Å². The van der Waals surface area contributed by atoms with E-state index in [4.69, 9.17) is 9.47 Å². The molecule has 0 aliphatic carbocycles. The summed E-state index contributed by atoms with van der Waals surface area (Å²) in [6, 6.07) is 13.9. The molecule has 166 valence electrons. The maximum atomic E-state index is 13.7. The van der Waals surface area contributed by atoms with Gasteiger partial charge in [-0.05, 0) is 30.5 Å². The number of nitrogens with zero attached hydrogens (tertiary/aromatic N) is 2. The summed E-state index contributed by atoms with van der Waals surface area (Å²) < 4.78 is 37.8. The number of nitro groups is 1. The second kappa shape index (κ2) is 9.58. The van der Waals surface area contributed by atoms with E-state index in [1.807, 2.05) is 13.0 Å². The lowest BCUT2D eigenvalue weighted by Crippen LogP contribution is -2.17. The van der Waals surface area contributed by atoms with Crippen molar-refractivity contribution in [1.29, 1.82) is 5.26 Å². The van der Waals surface area contributed by atoms with Crippen LogP contribution in [0.1, 0.15) is 38.7 Å². The summed E-state index contributed by atoms with van der Waals surface area (Å²) >= 11 is 1.08. The van der Waals surface area contributed by atoms with Crippen LogP contribution in [0.5, 0.6) is 0 Å². The Morgan fingerprint density at radius 3 is 2.28 bits per heavy atom. The zero-order valence-corrected chi connectivity index (χ0v) is 19.1. The van der Waals surface area contributed by atoms with Crippen LogP contribution >= 0.6 is 11.3 Å². The molecule has 1 heterocycles. The van der Waals surface area contributed by atoms with Crippen molar-refractivity contribution in [3.63, 3.8) is 0 Å². The fourth-order valence-electron chi connectivity index (χ4n) is 3.44. The summed E-state index contributed by atoms with van der Waals surface area (Å²) in [5.74, 6) is 0. The number of sulfone groups is 1. The van der Waals surface area contributed by atoms with Crippen LogP contribution in [0.4, 0.5) is 5.69 Å². The molecule has 32 heavy (non-hydrogen) atoms. The van der Waals surface area contributed by atoms with E-state index in [1.165, 1.54) is 50.6 Å². The lowest BCUT2D eigenvalue weighted by Gasteiger charge is -2.20. The summed E-state index contributed by atoms with van der Waals surface area (Å²) in [5.41, 5.74) is 0.985. The molecule has 1 atom stereocenters. The molecule has 0 bridgehead atoms. The van der Waals surface area contributed by atoms with Gasteiger partial charge in [-0.15, -0.1) is 11.3 Å². The van der Waals surface area contributed by atoms with Crippen LogP contribution in [0.2, 0.25) is 0 Å². The largest absolute Gasteiger partial charge is 0.352 e. The van der Waals surface area contributed by atoms with Crippen molar-refractivity contribution in [1.82, 2.24) is 0 Å². The SMILES string of the molecule is COC(OC)c1ccc(C(c2ccsc2C#N)S(=O)(=O)c2ccc(C)cc2)c([N+](=O)[O-])c1. The molecule has 0 radical (unpaired) electrons. The first-order valence-electron chi connectivity index (χ1n) is 9.36. The van der Waals surface area contributed by atoms with Gasteiger partial charge in [-0.2, -0.15) is 5.26 Å². The molecule has 0 amide bonds. The number of thiophene rings is 1. The van der Waals surface area contributed by atoms with Crippen LogP contribution in [0, 0.1) is 28.4 Å². The molecule has 0 saturated carbocycles. The van der Waals surface area contributed by atoms with Gasteiger partial charge in [0.05, 0.1) is 15.4 Å². The van der Waals surface area contributed by atoms with Crippen molar-refractivity contribution in [2.75, 3.05) is 14.2 Å². The van der Waals surface area contributed by atoms with Crippen LogP contribution in [0.15, 0.2) is 58.8 Å². The molecule has 3 aromatic rings. The Balaban J connectivity index is 2.31. The fourth-order valence-corrected chi connectivity index (χ4v) is 6.09. The third kappa shape index (κ3) is 4.42. The van der Waals surface area contributed by atoms with Gasteiger partial charge < -0.3 is 9.47 Å². The Morgan fingerprint density at radius 2 is 1.72 bits per heavy atom. The average Bonchev–Trinajstić information content (AvgIpc) is 3.23. The maximum absolute atomic E-state index is 13.7. The molecule has 1 unspecified atom stereocenters. The molecule has 10 heteroatoms. The predicted octanol–water partition coefficient (Wildman–Crippen LogP) is 4.69. The minimum absolute atomic E-state index is 0.00761. The lowest BCUT2D eigenvalue weighted by atomic mass is 10.0. The summed E-state index contributed by atoms with van der Waals surface area (Å²) in [4.78, 5) is 11.5. The Kier molecular flexibility index (Phi) is 7.06. The third-order valence-corrected chi connectivity index (χ3v) is 7.87. The number of hydrogen-bond acceptors (Lipinski definition) is 8. The minimum atomic E-state index is -4.14. The van der Waals surface area contributed by atoms with Crippen molar-refractivity contribution in [2.24, 2.45) is 0 Å². The highest BCUT2D eigenvalue weighted by molar-refractivity contribution is 7.92.